The van der Waals surface area contributed by atoms with Crippen molar-refractivity contribution in [1.82, 2.24) is 9.78 Å². The van der Waals surface area contributed by atoms with E-state index in [9.17, 15) is 8.42 Å². The highest BCUT2D eigenvalue weighted by Gasteiger charge is 2.14. The van der Waals surface area contributed by atoms with Crippen LogP contribution < -0.4 is 5.32 Å². The Labute approximate surface area is 117 Å². The third kappa shape index (κ3) is 3.36. The number of anilines is 1. The van der Waals surface area contributed by atoms with Crippen LogP contribution in [0, 0.1) is 11.3 Å². The summed E-state index contributed by atoms with van der Waals surface area (Å²) in [6, 6.07) is 9.72. The van der Waals surface area contributed by atoms with E-state index in [1.54, 1.807) is 36.1 Å². The summed E-state index contributed by atoms with van der Waals surface area (Å²) in [5.74, 6) is 0.576. The van der Waals surface area contributed by atoms with E-state index in [0.717, 1.165) is 0 Å². The van der Waals surface area contributed by atoms with Crippen molar-refractivity contribution >= 4 is 15.7 Å². The van der Waals surface area contributed by atoms with E-state index in [0.29, 0.717) is 11.4 Å². The average molecular weight is 290 g/mol. The minimum atomic E-state index is -3.40. The van der Waals surface area contributed by atoms with Gasteiger partial charge in [0.15, 0.2) is 9.84 Å². The molecule has 1 aromatic carbocycles. The van der Waals surface area contributed by atoms with Gasteiger partial charge < -0.3 is 5.32 Å². The Morgan fingerprint density at radius 3 is 2.85 bits per heavy atom. The van der Waals surface area contributed by atoms with Gasteiger partial charge in [-0.3, -0.25) is 4.68 Å². The van der Waals surface area contributed by atoms with Gasteiger partial charge in [-0.05, 0) is 18.2 Å². The molecule has 0 aliphatic carbocycles. The Kier molecular flexibility index (Phi) is 4.05. The fraction of sp³-hybridized carbons (Fsp3) is 0.231. The Morgan fingerprint density at radius 1 is 1.40 bits per heavy atom. The molecule has 1 aromatic heterocycles. The largest absolute Gasteiger partial charge is 0.368 e. The molecule has 0 aliphatic rings. The number of sulfone groups is 1. The number of aryl methyl sites for hydroxylation is 1. The summed E-state index contributed by atoms with van der Waals surface area (Å²) in [6.07, 6.45) is 1.77. The zero-order valence-electron chi connectivity index (χ0n) is 10.9. The maximum atomic E-state index is 12.1. The smallest absolute Gasteiger partial charge is 0.180 e. The molecule has 0 fully saturated rings. The maximum absolute atomic E-state index is 12.1. The SMILES string of the molecule is Cn1ccc(NCCS(=O)(=O)c2cccc(C#N)c2)n1. The van der Waals surface area contributed by atoms with E-state index in [-0.39, 0.29) is 17.2 Å². The van der Waals surface area contributed by atoms with Crippen molar-refractivity contribution in [3.8, 4) is 6.07 Å². The second kappa shape index (κ2) is 5.75. The molecular formula is C13H14N4O2S. The quantitative estimate of drug-likeness (QED) is 0.893. The van der Waals surface area contributed by atoms with Crippen LogP contribution in [0.4, 0.5) is 5.82 Å². The van der Waals surface area contributed by atoms with E-state index < -0.39 is 9.84 Å². The Morgan fingerprint density at radius 2 is 2.20 bits per heavy atom. The molecule has 20 heavy (non-hydrogen) atoms. The standard InChI is InChI=1S/C13H14N4O2S/c1-17-7-5-13(16-17)15-6-8-20(18,19)12-4-2-3-11(9-12)10-14/h2-5,7,9H,6,8H2,1H3,(H,15,16). The monoisotopic (exact) mass is 290 g/mol. The van der Waals surface area contributed by atoms with E-state index in [1.165, 1.54) is 12.1 Å². The first-order valence-corrected chi connectivity index (χ1v) is 7.63. The summed E-state index contributed by atoms with van der Waals surface area (Å²) in [5.41, 5.74) is 0.337. The van der Waals surface area contributed by atoms with Gasteiger partial charge in [-0.1, -0.05) is 6.07 Å². The fourth-order valence-corrected chi connectivity index (χ4v) is 2.90. The second-order valence-electron chi connectivity index (χ2n) is 4.26. The van der Waals surface area contributed by atoms with Gasteiger partial charge in [0.2, 0.25) is 0 Å². The Bertz CT molecular complexity index is 744. The van der Waals surface area contributed by atoms with E-state index in [1.807, 2.05) is 6.07 Å². The number of hydrogen-bond acceptors (Lipinski definition) is 5. The zero-order chi connectivity index (χ0) is 14.6. The van der Waals surface area contributed by atoms with Crippen LogP contribution in [0.3, 0.4) is 0 Å². The van der Waals surface area contributed by atoms with Gasteiger partial charge in [0.05, 0.1) is 22.3 Å². The van der Waals surface area contributed by atoms with Crippen molar-refractivity contribution in [3.05, 3.63) is 42.1 Å². The van der Waals surface area contributed by atoms with Crippen molar-refractivity contribution in [1.29, 1.82) is 5.26 Å². The molecule has 1 heterocycles. The minimum Gasteiger partial charge on any atom is -0.368 e. The van der Waals surface area contributed by atoms with Crippen molar-refractivity contribution in [2.75, 3.05) is 17.6 Å². The van der Waals surface area contributed by atoms with Crippen molar-refractivity contribution in [3.63, 3.8) is 0 Å². The fourth-order valence-electron chi connectivity index (χ4n) is 1.70. The highest BCUT2D eigenvalue weighted by molar-refractivity contribution is 7.91. The van der Waals surface area contributed by atoms with Crippen LogP contribution in [0.1, 0.15) is 5.56 Å². The molecule has 0 bridgehead atoms. The topological polar surface area (TPSA) is 87.8 Å². The van der Waals surface area contributed by atoms with Gasteiger partial charge in [-0.25, -0.2) is 8.42 Å². The molecule has 2 rings (SSSR count). The van der Waals surface area contributed by atoms with Gasteiger partial charge >= 0.3 is 0 Å². The first-order valence-electron chi connectivity index (χ1n) is 5.98. The molecule has 0 unspecified atom stereocenters. The lowest BCUT2D eigenvalue weighted by Crippen LogP contribution is -2.16. The Hall–Kier alpha value is -2.33. The lowest BCUT2D eigenvalue weighted by molar-refractivity contribution is 0.596. The molecule has 1 N–H and O–H groups in total. The van der Waals surface area contributed by atoms with Gasteiger partial charge in [0, 0.05) is 25.9 Å². The molecule has 7 heteroatoms. The predicted octanol–water partition coefficient (Wildman–Crippen LogP) is 1.18. The number of nitrogens with one attached hydrogen (secondary N) is 1. The van der Waals surface area contributed by atoms with Crippen LogP contribution in [0.25, 0.3) is 0 Å². The summed E-state index contributed by atoms with van der Waals surface area (Å²) in [5, 5.41) is 15.8. The summed E-state index contributed by atoms with van der Waals surface area (Å²) >= 11 is 0. The molecule has 0 saturated heterocycles. The van der Waals surface area contributed by atoms with Crippen LogP contribution >= 0.6 is 0 Å². The summed E-state index contributed by atoms with van der Waals surface area (Å²) in [6.45, 7) is 0.260. The normalized spacial score (nSPS) is 11.0. The highest BCUT2D eigenvalue weighted by atomic mass is 32.2. The van der Waals surface area contributed by atoms with E-state index in [4.69, 9.17) is 5.26 Å². The molecule has 0 saturated carbocycles. The number of rotatable bonds is 5. The zero-order valence-corrected chi connectivity index (χ0v) is 11.8. The average Bonchev–Trinajstić information content (AvgIpc) is 2.84. The van der Waals surface area contributed by atoms with Crippen LogP contribution in [-0.4, -0.2) is 30.5 Å². The molecule has 0 aliphatic heterocycles. The van der Waals surface area contributed by atoms with Crippen LogP contribution in [0.2, 0.25) is 0 Å². The van der Waals surface area contributed by atoms with Crippen LogP contribution in [0.15, 0.2) is 41.4 Å². The number of aromatic nitrogens is 2. The van der Waals surface area contributed by atoms with E-state index in [2.05, 4.69) is 10.4 Å². The highest BCUT2D eigenvalue weighted by Crippen LogP contribution is 2.13. The molecule has 104 valence electrons. The van der Waals surface area contributed by atoms with Gasteiger partial charge in [-0.2, -0.15) is 10.4 Å². The summed E-state index contributed by atoms with van der Waals surface area (Å²) < 4.78 is 25.9. The molecule has 6 nitrogen and oxygen atoms in total. The lowest BCUT2D eigenvalue weighted by Gasteiger charge is -2.05. The van der Waals surface area contributed by atoms with Gasteiger partial charge in [-0.15, -0.1) is 0 Å². The van der Waals surface area contributed by atoms with Gasteiger partial charge in [0.25, 0.3) is 0 Å². The Balaban J connectivity index is 2.02. The molecule has 0 amide bonds. The van der Waals surface area contributed by atoms with Crippen LogP contribution in [0.5, 0.6) is 0 Å². The number of nitrogens with zero attached hydrogens (tertiary/aromatic N) is 3. The molecule has 0 spiro atoms. The summed E-state index contributed by atoms with van der Waals surface area (Å²) in [7, 11) is -1.62. The molecule has 2 aromatic rings. The summed E-state index contributed by atoms with van der Waals surface area (Å²) in [4.78, 5) is 0.166. The maximum Gasteiger partial charge on any atom is 0.180 e. The molecule has 0 radical (unpaired) electrons. The molecular weight excluding hydrogens is 276 g/mol. The van der Waals surface area contributed by atoms with Crippen molar-refractivity contribution < 1.29 is 8.42 Å². The third-order valence-corrected chi connectivity index (χ3v) is 4.43. The van der Waals surface area contributed by atoms with Crippen LogP contribution in [-0.2, 0) is 16.9 Å². The van der Waals surface area contributed by atoms with Crippen molar-refractivity contribution in [2.24, 2.45) is 7.05 Å². The predicted molar refractivity (Wildman–Crippen MR) is 74.9 cm³/mol. The number of hydrogen-bond donors (Lipinski definition) is 1. The van der Waals surface area contributed by atoms with E-state index >= 15 is 0 Å². The van der Waals surface area contributed by atoms with Crippen molar-refractivity contribution in [2.45, 2.75) is 4.90 Å². The second-order valence-corrected chi connectivity index (χ2v) is 6.37. The minimum absolute atomic E-state index is 0.0571. The third-order valence-electron chi connectivity index (χ3n) is 2.71. The first-order chi connectivity index (χ1) is 9.51. The first kappa shape index (κ1) is 14.1. The number of nitriles is 1. The van der Waals surface area contributed by atoms with Gasteiger partial charge in [0.1, 0.15) is 5.82 Å². The number of benzene rings is 1. The lowest BCUT2D eigenvalue weighted by atomic mass is 10.2. The molecule has 0 atom stereocenters.